The highest BCUT2D eigenvalue weighted by molar-refractivity contribution is 6.38. The van der Waals surface area contributed by atoms with Gasteiger partial charge in [-0.3, -0.25) is 19.7 Å². The molecular formula is C23H20N4O5. The summed E-state index contributed by atoms with van der Waals surface area (Å²) in [5, 5.41) is 7.67. The van der Waals surface area contributed by atoms with Gasteiger partial charge in [-0.25, -0.2) is 9.69 Å². The molecule has 0 radical (unpaired) electrons. The summed E-state index contributed by atoms with van der Waals surface area (Å²) < 4.78 is 5.37. The number of carbonyl (C=O) groups is 4. The molecule has 1 N–H and O–H groups in total. The molecule has 2 aliphatic heterocycles. The van der Waals surface area contributed by atoms with Gasteiger partial charge in [0.15, 0.2) is 0 Å². The number of nitrogens with zero attached hydrogens (tertiary/aromatic N) is 3. The van der Waals surface area contributed by atoms with Crippen molar-refractivity contribution in [3.63, 3.8) is 0 Å². The molecule has 0 saturated carbocycles. The number of anilines is 2. The predicted molar refractivity (Wildman–Crippen MR) is 117 cm³/mol. The topological polar surface area (TPSA) is 108 Å². The van der Waals surface area contributed by atoms with Gasteiger partial charge in [-0.15, -0.1) is 0 Å². The highest BCUT2D eigenvalue weighted by Gasteiger charge is 2.40. The number of imide groups is 2. The molecule has 0 bridgehead atoms. The van der Waals surface area contributed by atoms with E-state index in [1.807, 2.05) is 13.0 Å². The van der Waals surface area contributed by atoms with E-state index in [1.165, 1.54) is 11.1 Å². The summed E-state index contributed by atoms with van der Waals surface area (Å²) in [6, 6.07) is 14.3. The lowest BCUT2D eigenvalue weighted by atomic mass is 9.98. The molecule has 32 heavy (non-hydrogen) atoms. The number of barbiturate groups is 1. The van der Waals surface area contributed by atoms with Crippen LogP contribution >= 0.6 is 0 Å². The van der Waals surface area contributed by atoms with Crippen molar-refractivity contribution in [2.75, 3.05) is 16.5 Å². The lowest BCUT2D eigenvalue weighted by molar-refractivity contribution is -0.122. The number of para-hydroxylation sites is 1. The minimum absolute atomic E-state index is 0.267. The van der Waals surface area contributed by atoms with Crippen LogP contribution in [0.25, 0.3) is 0 Å². The van der Waals surface area contributed by atoms with Crippen LogP contribution in [0.2, 0.25) is 0 Å². The number of rotatable bonds is 5. The smallest absolute Gasteiger partial charge is 0.335 e. The van der Waals surface area contributed by atoms with Crippen LogP contribution in [0.4, 0.5) is 16.2 Å². The van der Waals surface area contributed by atoms with Gasteiger partial charge in [-0.1, -0.05) is 18.2 Å². The van der Waals surface area contributed by atoms with Gasteiger partial charge in [0.1, 0.15) is 11.3 Å². The Balaban J connectivity index is 1.63. The Labute approximate surface area is 183 Å². The van der Waals surface area contributed by atoms with Crippen LogP contribution in [0, 0.1) is 5.92 Å². The number of carbonyl (C=O) groups excluding carboxylic acids is 4. The van der Waals surface area contributed by atoms with Crippen molar-refractivity contribution in [2.45, 2.75) is 13.8 Å². The van der Waals surface area contributed by atoms with E-state index >= 15 is 0 Å². The van der Waals surface area contributed by atoms with Gasteiger partial charge >= 0.3 is 6.03 Å². The minimum Gasteiger partial charge on any atom is -0.494 e. The van der Waals surface area contributed by atoms with E-state index in [0.29, 0.717) is 23.8 Å². The summed E-state index contributed by atoms with van der Waals surface area (Å²) >= 11 is 0. The second kappa shape index (κ2) is 8.46. The molecule has 4 rings (SSSR count). The van der Waals surface area contributed by atoms with Gasteiger partial charge < -0.3 is 4.74 Å². The predicted octanol–water partition coefficient (Wildman–Crippen LogP) is 2.63. The second-order valence-corrected chi connectivity index (χ2v) is 7.11. The van der Waals surface area contributed by atoms with Crippen molar-refractivity contribution in [2.24, 2.45) is 11.0 Å². The number of hydrogen-bond acceptors (Lipinski definition) is 6. The summed E-state index contributed by atoms with van der Waals surface area (Å²) in [5.74, 6) is -2.40. The van der Waals surface area contributed by atoms with Crippen LogP contribution in [0.5, 0.6) is 5.75 Å². The Bertz CT molecular complexity index is 1150. The maximum absolute atomic E-state index is 13.1. The maximum atomic E-state index is 13.1. The summed E-state index contributed by atoms with van der Waals surface area (Å²) in [4.78, 5) is 51.7. The first kappa shape index (κ1) is 21.0. The molecule has 5 amide bonds. The largest absolute Gasteiger partial charge is 0.494 e. The molecule has 2 aromatic rings. The lowest BCUT2D eigenvalue weighted by Crippen LogP contribution is -2.54. The van der Waals surface area contributed by atoms with E-state index < -0.39 is 29.7 Å². The van der Waals surface area contributed by atoms with Gasteiger partial charge in [0, 0.05) is 0 Å². The molecule has 1 saturated heterocycles. The molecule has 2 aliphatic rings. The highest BCUT2D eigenvalue weighted by Crippen LogP contribution is 2.28. The molecule has 162 valence electrons. The standard InChI is InChI=1S/C23H20N4O5/c1-3-32-17-11-9-15(10-12-17)26-21(29)19(20(28)24-23(26)31)13-18-14(2)25-27(22(18)30)16-7-5-4-6-8-16/h4-13,18H,3H2,1-2H3,(H,24,28,31)/b19-13+/t18-/m1/s1. The molecule has 1 atom stereocenters. The fourth-order valence-electron chi connectivity index (χ4n) is 3.46. The Morgan fingerprint density at radius 2 is 1.69 bits per heavy atom. The zero-order valence-electron chi connectivity index (χ0n) is 17.4. The third-order valence-electron chi connectivity index (χ3n) is 5.02. The normalized spacial score (nSPS) is 20.0. The summed E-state index contributed by atoms with van der Waals surface area (Å²) in [5.41, 5.74) is 0.963. The Hall–Kier alpha value is -4.27. The van der Waals surface area contributed by atoms with Crippen molar-refractivity contribution in [3.8, 4) is 5.75 Å². The fraction of sp³-hybridized carbons (Fsp3) is 0.174. The number of amides is 5. The number of hydrazone groups is 1. The van der Waals surface area contributed by atoms with E-state index in [0.717, 1.165) is 4.90 Å². The fourth-order valence-corrected chi connectivity index (χ4v) is 3.46. The third-order valence-corrected chi connectivity index (χ3v) is 5.02. The summed E-state index contributed by atoms with van der Waals surface area (Å²) in [6.45, 7) is 3.95. The number of benzene rings is 2. The molecule has 9 heteroatoms. The SMILES string of the molecule is CCOc1ccc(N2C(=O)NC(=O)/C(=C\[C@H]3C(=O)N(c4ccccc4)N=C3C)C2=O)cc1. The molecule has 0 aromatic heterocycles. The number of nitrogens with one attached hydrogen (secondary N) is 1. The second-order valence-electron chi connectivity index (χ2n) is 7.11. The zero-order chi connectivity index (χ0) is 22.8. The van der Waals surface area contributed by atoms with Crippen molar-refractivity contribution >= 4 is 40.8 Å². The lowest BCUT2D eigenvalue weighted by Gasteiger charge is -2.26. The first-order valence-electron chi connectivity index (χ1n) is 9.99. The van der Waals surface area contributed by atoms with Crippen LogP contribution < -0.4 is 20.0 Å². The van der Waals surface area contributed by atoms with E-state index in [1.54, 1.807) is 55.5 Å². The Morgan fingerprint density at radius 3 is 2.34 bits per heavy atom. The van der Waals surface area contributed by atoms with Gasteiger partial charge in [0.25, 0.3) is 17.7 Å². The third kappa shape index (κ3) is 3.76. The quantitative estimate of drug-likeness (QED) is 0.577. The van der Waals surface area contributed by atoms with Crippen molar-refractivity contribution in [3.05, 3.63) is 66.2 Å². The molecule has 1 fully saturated rings. The van der Waals surface area contributed by atoms with Gasteiger partial charge in [-0.2, -0.15) is 10.1 Å². The molecule has 9 nitrogen and oxygen atoms in total. The monoisotopic (exact) mass is 432 g/mol. The average Bonchev–Trinajstić information content (AvgIpc) is 3.06. The summed E-state index contributed by atoms with van der Waals surface area (Å²) in [7, 11) is 0. The maximum Gasteiger partial charge on any atom is 0.335 e. The van der Waals surface area contributed by atoms with Crippen LogP contribution in [0.1, 0.15) is 13.8 Å². The number of urea groups is 1. The Morgan fingerprint density at radius 1 is 1.00 bits per heavy atom. The van der Waals surface area contributed by atoms with Crippen molar-refractivity contribution in [1.29, 1.82) is 0 Å². The summed E-state index contributed by atoms with van der Waals surface area (Å²) in [6.07, 6.45) is 1.26. The van der Waals surface area contributed by atoms with Crippen LogP contribution in [0.3, 0.4) is 0 Å². The van der Waals surface area contributed by atoms with Gasteiger partial charge in [0.05, 0.1) is 29.6 Å². The van der Waals surface area contributed by atoms with Gasteiger partial charge in [0.2, 0.25) is 0 Å². The Kier molecular flexibility index (Phi) is 5.55. The molecule has 0 unspecified atom stereocenters. The number of hydrogen-bond donors (Lipinski definition) is 1. The van der Waals surface area contributed by atoms with Crippen LogP contribution in [-0.2, 0) is 14.4 Å². The van der Waals surface area contributed by atoms with Crippen molar-refractivity contribution < 1.29 is 23.9 Å². The first-order chi connectivity index (χ1) is 15.4. The van der Waals surface area contributed by atoms with Gasteiger partial charge in [-0.05, 0) is 56.3 Å². The van der Waals surface area contributed by atoms with E-state index in [-0.39, 0.29) is 11.3 Å². The van der Waals surface area contributed by atoms with Crippen molar-refractivity contribution in [1.82, 2.24) is 5.32 Å². The van der Waals surface area contributed by atoms with E-state index in [9.17, 15) is 19.2 Å². The minimum atomic E-state index is -0.907. The van der Waals surface area contributed by atoms with Crippen LogP contribution in [-0.4, -0.2) is 36.1 Å². The molecular weight excluding hydrogens is 412 g/mol. The van der Waals surface area contributed by atoms with E-state index in [4.69, 9.17) is 4.74 Å². The first-order valence-corrected chi connectivity index (χ1v) is 9.99. The average molecular weight is 432 g/mol. The number of ether oxygens (including phenoxy) is 1. The molecule has 2 aromatic carbocycles. The van der Waals surface area contributed by atoms with E-state index in [2.05, 4.69) is 10.4 Å². The zero-order valence-corrected chi connectivity index (χ0v) is 17.4. The van der Waals surface area contributed by atoms with Crippen LogP contribution in [0.15, 0.2) is 71.3 Å². The highest BCUT2D eigenvalue weighted by atomic mass is 16.5. The molecule has 2 heterocycles. The molecule has 0 aliphatic carbocycles. The molecule has 0 spiro atoms.